The number of benzene rings is 1. The second kappa shape index (κ2) is 6.52. The predicted octanol–water partition coefficient (Wildman–Crippen LogP) is 3.57. The highest BCUT2D eigenvalue weighted by Crippen LogP contribution is 2.35. The van der Waals surface area contributed by atoms with Crippen molar-refractivity contribution in [2.24, 2.45) is 0 Å². The summed E-state index contributed by atoms with van der Waals surface area (Å²) in [6.45, 7) is 2.73. The maximum absolute atomic E-state index is 5.45. The van der Waals surface area contributed by atoms with E-state index in [4.69, 9.17) is 14.5 Å². The number of hydrogen-bond acceptors (Lipinski definition) is 5. The minimum absolute atomic E-state index is 0.687. The first-order valence-electron chi connectivity index (χ1n) is 7.38. The zero-order valence-corrected chi connectivity index (χ0v) is 13.5. The second-order valence-electron chi connectivity index (χ2n) is 5.23. The maximum Gasteiger partial charge on any atom is 0.145 e. The summed E-state index contributed by atoms with van der Waals surface area (Å²) in [5.41, 5.74) is 3.03. The first-order valence-corrected chi connectivity index (χ1v) is 7.38. The number of rotatable bonds is 5. The van der Waals surface area contributed by atoms with Crippen LogP contribution in [0, 0.1) is 6.92 Å². The van der Waals surface area contributed by atoms with Crippen molar-refractivity contribution in [2.45, 2.75) is 13.5 Å². The highest BCUT2D eigenvalue weighted by molar-refractivity contribution is 5.94. The van der Waals surface area contributed by atoms with Gasteiger partial charge in [0.1, 0.15) is 22.8 Å². The number of pyridine rings is 2. The van der Waals surface area contributed by atoms with E-state index in [9.17, 15) is 0 Å². The summed E-state index contributed by atoms with van der Waals surface area (Å²) in [5.74, 6) is 2.33. The van der Waals surface area contributed by atoms with Crippen LogP contribution >= 0.6 is 0 Å². The van der Waals surface area contributed by atoms with E-state index < -0.39 is 0 Å². The molecule has 0 aliphatic carbocycles. The van der Waals surface area contributed by atoms with Gasteiger partial charge in [0.25, 0.3) is 0 Å². The van der Waals surface area contributed by atoms with E-state index in [1.165, 1.54) is 0 Å². The molecule has 0 spiro atoms. The molecule has 0 atom stereocenters. The van der Waals surface area contributed by atoms with Gasteiger partial charge in [-0.1, -0.05) is 0 Å². The van der Waals surface area contributed by atoms with Crippen LogP contribution in [0.15, 0.2) is 42.7 Å². The Morgan fingerprint density at radius 1 is 1.00 bits per heavy atom. The van der Waals surface area contributed by atoms with Gasteiger partial charge in [-0.25, -0.2) is 4.98 Å². The summed E-state index contributed by atoms with van der Waals surface area (Å²) in [5, 5.41) is 4.32. The Labute approximate surface area is 135 Å². The molecule has 2 heterocycles. The van der Waals surface area contributed by atoms with Crippen molar-refractivity contribution in [1.82, 2.24) is 9.97 Å². The van der Waals surface area contributed by atoms with Gasteiger partial charge in [-0.3, -0.25) is 4.98 Å². The fourth-order valence-electron chi connectivity index (χ4n) is 2.59. The molecular weight excluding hydrogens is 290 g/mol. The van der Waals surface area contributed by atoms with Crippen molar-refractivity contribution in [1.29, 1.82) is 0 Å². The van der Waals surface area contributed by atoms with Gasteiger partial charge >= 0.3 is 0 Å². The molecule has 118 valence electrons. The zero-order chi connectivity index (χ0) is 16.2. The summed E-state index contributed by atoms with van der Waals surface area (Å²) in [6, 6.07) is 9.75. The summed E-state index contributed by atoms with van der Waals surface area (Å²) in [6.07, 6.45) is 3.56. The van der Waals surface area contributed by atoms with Crippen LogP contribution in [0.2, 0.25) is 0 Å². The lowest BCUT2D eigenvalue weighted by Gasteiger charge is -2.14. The number of fused-ring (bicyclic) bond motifs is 1. The summed E-state index contributed by atoms with van der Waals surface area (Å²) < 4.78 is 10.9. The zero-order valence-electron chi connectivity index (χ0n) is 13.5. The van der Waals surface area contributed by atoms with Crippen LogP contribution in [0.4, 0.5) is 5.82 Å². The molecule has 0 saturated carbocycles. The van der Waals surface area contributed by atoms with Gasteiger partial charge in [-0.05, 0) is 48.4 Å². The van der Waals surface area contributed by atoms with Crippen LogP contribution in [-0.2, 0) is 6.54 Å². The molecule has 0 saturated heterocycles. The molecule has 0 fully saturated rings. The molecule has 3 rings (SSSR count). The Bertz CT molecular complexity index is 819. The lowest BCUT2D eigenvalue weighted by atomic mass is 10.1. The van der Waals surface area contributed by atoms with Gasteiger partial charge in [0.2, 0.25) is 0 Å². The third-order valence-electron chi connectivity index (χ3n) is 3.75. The second-order valence-corrected chi connectivity index (χ2v) is 5.23. The Morgan fingerprint density at radius 3 is 2.39 bits per heavy atom. The normalized spacial score (nSPS) is 10.6. The van der Waals surface area contributed by atoms with Gasteiger partial charge < -0.3 is 14.8 Å². The van der Waals surface area contributed by atoms with Crippen LogP contribution < -0.4 is 14.8 Å². The van der Waals surface area contributed by atoms with E-state index >= 15 is 0 Å². The molecule has 0 bridgehead atoms. The lowest BCUT2D eigenvalue weighted by Crippen LogP contribution is -2.03. The number of hydrogen-bond donors (Lipinski definition) is 1. The minimum atomic E-state index is 0.687. The fourth-order valence-corrected chi connectivity index (χ4v) is 2.59. The van der Waals surface area contributed by atoms with Crippen molar-refractivity contribution in [2.75, 3.05) is 19.5 Å². The van der Waals surface area contributed by atoms with E-state index in [1.54, 1.807) is 26.6 Å². The molecule has 5 heteroatoms. The smallest absolute Gasteiger partial charge is 0.145 e. The molecule has 0 unspecified atom stereocenters. The quantitative estimate of drug-likeness (QED) is 0.781. The van der Waals surface area contributed by atoms with E-state index in [2.05, 4.69) is 10.3 Å². The molecule has 5 nitrogen and oxygen atoms in total. The van der Waals surface area contributed by atoms with E-state index in [-0.39, 0.29) is 0 Å². The van der Waals surface area contributed by atoms with E-state index in [0.29, 0.717) is 6.54 Å². The van der Waals surface area contributed by atoms with Crippen molar-refractivity contribution in [3.05, 3.63) is 53.9 Å². The van der Waals surface area contributed by atoms with Gasteiger partial charge in [0, 0.05) is 24.3 Å². The molecule has 0 aliphatic rings. The summed E-state index contributed by atoms with van der Waals surface area (Å²) >= 11 is 0. The van der Waals surface area contributed by atoms with Gasteiger partial charge in [0.05, 0.1) is 14.2 Å². The molecule has 0 amide bonds. The first kappa shape index (κ1) is 15.1. The molecule has 0 aliphatic heterocycles. The Morgan fingerprint density at radius 2 is 1.70 bits per heavy atom. The van der Waals surface area contributed by atoms with Crippen molar-refractivity contribution >= 4 is 16.7 Å². The molecule has 3 aromatic rings. The number of nitrogens with zero attached hydrogens (tertiary/aromatic N) is 2. The van der Waals surface area contributed by atoms with Gasteiger partial charge in [-0.15, -0.1) is 0 Å². The summed E-state index contributed by atoms with van der Waals surface area (Å²) in [4.78, 5) is 8.72. The minimum Gasteiger partial charge on any atom is -0.496 e. The fraction of sp³-hybridized carbons (Fsp3) is 0.222. The average molecular weight is 309 g/mol. The monoisotopic (exact) mass is 309 g/mol. The average Bonchev–Trinajstić information content (AvgIpc) is 2.60. The SMILES string of the molecule is COc1ccc(OC)c2c(C)cc(NCc3ccncc3)nc12. The van der Waals surface area contributed by atoms with Crippen molar-refractivity contribution in [3.63, 3.8) is 0 Å². The number of ether oxygens (including phenoxy) is 2. The Balaban J connectivity index is 1.99. The molecule has 23 heavy (non-hydrogen) atoms. The highest BCUT2D eigenvalue weighted by Gasteiger charge is 2.12. The van der Waals surface area contributed by atoms with Gasteiger partial charge in [-0.2, -0.15) is 0 Å². The highest BCUT2D eigenvalue weighted by atomic mass is 16.5. The summed E-state index contributed by atoms with van der Waals surface area (Å²) in [7, 11) is 3.31. The molecule has 0 radical (unpaired) electrons. The van der Waals surface area contributed by atoms with E-state index in [0.717, 1.165) is 39.3 Å². The van der Waals surface area contributed by atoms with Gasteiger partial charge in [0.15, 0.2) is 0 Å². The van der Waals surface area contributed by atoms with Crippen molar-refractivity contribution < 1.29 is 9.47 Å². The van der Waals surface area contributed by atoms with Crippen LogP contribution in [0.3, 0.4) is 0 Å². The van der Waals surface area contributed by atoms with Crippen LogP contribution in [-0.4, -0.2) is 24.2 Å². The first-order chi connectivity index (χ1) is 11.2. The number of anilines is 1. The number of aryl methyl sites for hydroxylation is 1. The van der Waals surface area contributed by atoms with Crippen LogP contribution in [0.25, 0.3) is 10.9 Å². The number of nitrogens with one attached hydrogen (secondary N) is 1. The number of aromatic nitrogens is 2. The standard InChI is InChI=1S/C18H19N3O2/c1-12-10-16(20-11-13-6-8-19-9-7-13)21-18-15(23-3)5-4-14(22-2)17(12)18/h4-10H,11H2,1-3H3,(H,20,21). The largest absolute Gasteiger partial charge is 0.496 e. The topological polar surface area (TPSA) is 56.3 Å². The molecule has 1 aromatic carbocycles. The molecular formula is C18H19N3O2. The Hall–Kier alpha value is -2.82. The predicted molar refractivity (Wildman–Crippen MR) is 91.1 cm³/mol. The van der Waals surface area contributed by atoms with Crippen LogP contribution in [0.5, 0.6) is 11.5 Å². The molecule has 2 aromatic heterocycles. The number of methoxy groups -OCH3 is 2. The van der Waals surface area contributed by atoms with Crippen LogP contribution in [0.1, 0.15) is 11.1 Å². The third kappa shape index (κ3) is 3.04. The van der Waals surface area contributed by atoms with E-state index in [1.807, 2.05) is 37.3 Å². The lowest BCUT2D eigenvalue weighted by molar-refractivity contribution is 0.409. The molecule has 1 N–H and O–H groups in total. The third-order valence-corrected chi connectivity index (χ3v) is 3.75. The maximum atomic E-state index is 5.45. The van der Waals surface area contributed by atoms with Crippen molar-refractivity contribution in [3.8, 4) is 11.5 Å². The Kier molecular flexibility index (Phi) is 4.28.